The molecule has 2 atom stereocenters. The topological polar surface area (TPSA) is 73.4 Å². The van der Waals surface area contributed by atoms with E-state index in [1.807, 2.05) is 18.2 Å². The van der Waals surface area contributed by atoms with Crippen LogP contribution in [-0.4, -0.2) is 23.7 Å². The van der Waals surface area contributed by atoms with Gasteiger partial charge in [0.25, 0.3) is 0 Å². The maximum atomic E-state index is 12.5. The predicted octanol–water partition coefficient (Wildman–Crippen LogP) is 4.01. The highest BCUT2D eigenvalue weighted by Crippen LogP contribution is 2.23. The molecule has 0 aliphatic carbocycles. The fraction of sp³-hybridized carbons (Fsp3) is 0.292. The Labute approximate surface area is 171 Å². The maximum absolute atomic E-state index is 12.5. The van der Waals surface area contributed by atoms with Gasteiger partial charge in [0.15, 0.2) is 0 Å². The first-order valence-electron chi connectivity index (χ1n) is 10.2. The van der Waals surface area contributed by atoms with Crippen LogP contribution in [0.1, 0.15) is 36.1 Å². The number of carbonyl (C=O) groups excluding carboxylic acids is 1. The lowest BCUT2D eigenvalue weighted by Gasteiger charge is -2.27. The summed E-state index contributed by atoms with van der Waals surface area (Å²) in [5, 5.41) is 21.5. The Kier molecular flexibility index (Phi) is 5.67. The summed E-state index contributed by atoms with van der Waals surface area (Å²) in [6.45, 7) is 3.34. The zero-order valence-corrected chi connectivity index (χ0v) is 16.6. The maximum Gasteiger partial charge on any atom is 0.315 e. The van der Waals surface area contributed by atoms with Gasteiger partial charge in [0.2, 0.25) is 0 Å². The summed E-state index contributed by atoms with van der Waals surface area (Å²) in [6.07, 6.45) is 1.65. The average molecular weight is 389 g/mol. The molecular weight excluding hydrogens is 362 g/mol. The summed E-state index contributed by atoms with van der Waals surface area (Å²) in [6, 6.07) is 20.1. The van der Waals surface area contributed by atoms with Gasteiger partial charge in [-0.15, -0.1) is 0 Å². The first-order valence-corrected chi connectivity index (χ1v) is 10.2. The Bertz CT molecular complexity index is 1020. The molecule has 0 aromatic heterocycles. The number of benzene rings is 3. The van der Waals surface area contributed by atoms with Crippen molar-refractivity contribution in [2.75, 3.05) is 6.54 Å². The van der Waals surface area contributed by atoms with E-state index in [2.05, 4.69) is 53.2 Å². The molecule has 0 saturated heterocycles. The van der Waals surface area contributed by atoms with Crippen LogP contribution in [0.4, 0.5) is 4.79 Å². The minimum absolute atomic E-state index is 0.0253. The number of phenolic OH excluding ortho intramolecular Hbond substituents is 1. The normalized spacial score (nSPS) is 16.8. The number of nitrogens with one attached hydrogen (secondary N) is 3. The highest BCUT2D eigenvalue weighted by Gasteiger charge is 2.19. The van der Waals surface area contributed by atoms with Crippen molar-refractivity contribution in [3.8, 4) is 5.75 Å². The van der Waals surface area contributed by atoms with E-state index in [0.717, 1.165) is 24.0 Å². The highest BCUT2D eigenvalue weighted by atomic mass is 16.3. The molecule has 0 bridgehead atoms. The molecule has 5 nitrogen and oxygen atoms in total. The third-order valence-electron chi connectivity index (χ3n) is 5.64. The van der Waals surface area contributed by atoms with E-state index in [0.29, 0.717) is 18.8 Å². The molecule has 1 aliphatic rings. The third kappa shape index (κ3) is 4.51. The van der Waals surface area contributed by atoms with Gasteiger partial charge in [0, 0.05) is 19.1 Å². The van der Waals surface area contributed by atoms with Crippen LogP contribution in [-0.2, 0) is 13.0 Å². The molecule has 1 heterocycles. The Balaban J connectivity index is 1.34. The number of hydrogen-bond donors (Lipinski definition) is 4. The number of urea groups is 1. The summed E-state index contributed by atoms with van der Waals surface area (Å²) in [5.74, 6) is 0.292. The van der Waals surface area contributed by atoms with E-state index in [1.165, 1.54) is 16.3 Å². The van der Waals surface area contributed by atoms with E-state index in [4.69, 9.17) is 0 Å². The molecular formula is C24H27N3O2. The van der Waals surface area contributed by atoms with Gasteiger partial charge in [-0.05, 0) is 58.5 Å². The van der Waals surface area contributed by atoms with E-state index in [9.17, 15) is 9.90 Å². The second-order valence-electron chi connectivity index (χ2n) is 7.66. The van der Waals surface area contributed by atoms with Gasteiger partial charge in [-0.1, -0.05) is 49.4 Å². The Hall–Kier alpha value is -3.05. The van der Waals surface area contributed by atoms with Crippen LogP contribution in [0.3, 0.4) is 0 Å². The SMILES string of the molecule is CC[C@H](NC(=O)NC[C@@H]1Cc2ccc(O)cc2CN1)c1ccc2ccccc2c1. The van der Waals surface area contributed by atoms with Crippen LogP contribution in [0, 0.1) is 0 Å². The van der Waals surface area contributed by atoms with Crippen LogP contribution in [0.2, 0.25) is 0 Å². The van der Waals surface area contributed by atoms with Crippen molar-refractivity contribution >= 4 is 16.8 Å². The minimum Gasteiger partial charge on any atom is -0.508 e. The molecule has 3 aromatic rings. The second kappa shape index (κ2) is 8.53. The van der Waals surface area contributed by atoms with Gasteiger partial charge in [0.05, 0.1) is 6.04 Å². The first-order chi connectivity index (χ1) is 14.1. The van der Waals surface area contributed by atoms with Gasteiger partial charge < -0.3 is 21.1 Å². The Morgan fingerprint density at radius 3 is 2.76 bits per heavy atom. The van der Waals surface area contributed by atoms with Gasteiger partial charge in [0.1, 0.15) is 5.75 Å². The highest BCUT2D eigenvalue weighted by molar-refractivity contribution is 5.83. The number of fused-ring (bicyclic) bond motifs is 2. The molecule has 1 aliphatic heterocycles. The van der Waals surface area contributed by atoms with Crippen molar-refractivity contribution in [3.05, 3.63) is 77.4 Å². The quantitative estimate of drug-likeness (QED) is 0.533. The molecule has 0 fully saturated rings. The monoisotopic (exact) mass is 389 g/mol. The molecule has 29 heavy (non-hydrogen) atoms. The largest absolute Gasteiger partial charge is 0.508 e. The van der Waals surface area contributed by atoms with Crippen molar-refractivity contribution in [2.45, 2.75) is 38.4 Å². The average Bonchev–Trinajstić information content (AvgIpc) is 2.75. The van der Waals surface area contributed by atoms with Crippen LogP contribution in [0.25, 0.3) is 10.8 Å². The molecule has 5 heteroatoms. The van der Waals surface area contributed by atoms with Crippen LogP contribution >= 0.6 is 0 Å². The number of hydrogen-bond acceptors (Lipinski definition) is 3. The Morgan fingerprint density at radius 2 is 1.93 bits per heavy atom. The number of rotatable bonds is 5. The van der Waals surface area contributed by atoms with Gasteiger partial charge >= 0.3 is 6.03 Å². The lowest BCUT2D eigenvalue weighted by atomic mass is 9.95. The van der Waals surface area contributed by atoms with Crippen LogP contribution < -0.4 is 16.0 Å². The van der Waals surface area contributed by atoms with E-state index >= 15 is 0 Å². The molecule has 0 saturated carbocycles. The summed E-state index contributed by atoms with van der Waals surface area (Å²) in [7, 11) is 0. The van der Waals surface area contributed by atoms with Crippen molar-refractivity contribution in [3.63, 3.8) is 0 Å². The van der Waals surface area contributed by atoms with Gasteiger partial charge in [-0.2, -0.15) is 0 Å². The zero-order valence-electron chi connectivity index (χ0n) is 16.6. The molecule has 4 rings (SSSR count). The van der Waals surface area contributed by atoms with Crippen molar-refractivity contribution < 1.29 is 9.90 Å². The first kappa shape index (κ1) is 19.3. The van der Waals surface area contributed by atoms with Gasteiger partial charge in [-0.25, -0.2) is 4.79 Å². The summed E-state index contributed by atoms with van der Waals surface area (Å²) >= 11 is 0. The number of aromatic hydroxyl groups is 1. The summed E-state index contributed by atoms with van der Waals surface area (Å²) in [5.41, 5.74) is 3.45. The molecule has 0 spiro atoms. The van der Waals surface area contributed by atoms with Crippen molar-refractivity contribution in [1.29, 1.82) is 0 Å². The molecule has 150 valence electrons. The fourth-order valence-corrected chi connectivity index (χ4v) is 3.98. The van der Waals surface area contributed by atoms with E-state index in [1.54, 1.807) is 12.1 Å². The Morgan fingerprint density at radius 1 is 1.10 bits per heavy atom. The molecule has 4 N–H and O–H groups in total. The summed E-state index contributed by atoms with van der Waals surface area (Å²) < 4.78 is 0. The molecule has 3 aromatic carbocycles. The lowest BCUT2D eigenvalue weighted by molar-refractivity contribution is 0.235. The molecule has 0 radical (unpaired) electrons. The fourth-order valence-electron chi connectivity index (χ4n) is 3.98. The smallest absolute Gasteiger partial charge is 0.315 e. The van der Waals surface area contributed by atoms with Crippen molar-refractivity contribution in [1.82, 2.24) is 16.0 Å². The van der Waals surface area contributed by atoms with Crippen LogP contribution in [0.5, 0.6) is 5.75 Å². The van der Waals surface area contributed by atoms with Gasteiger partial charge in [-0.3, -0.25) is 0 Å². The van der Waals surface area contributed by atoms with E-state index < -0.39 is 0 Å². The number of amides is 2. The second-order valence-corrected chi connectivity index (χ2v) is 7.66. The zero-order chi connectivity index (χ0) is 20.2. The predicted molar refractivity (Wildman–Crippen MR) is 116 cm³/mol. The van der Waals surface area contributed by atoms with Crippen LogP contribution in [0.15, 0.2) is 60.7 Å². The standard InChI is InChI=1S/C24H27N3O2/c1-2-23(19-8-7-16-5-3-4-6-17(16)11-19)27-24(29)26-15-21-12-18-9-10-22(28)13-20(18)14-25-21/h3-11,13,21,23,25,28H,2,12,14-15H2,1H3,(H2,26,27,29)/t21-,23-/m0/s1. The number of phenols is 1. The van der Waals surface area contributed by atoms with Crippen molar-refractivity contribution in [2.24, 2.45) is 0 Å². The lowest BCUT2D eigenvalue weighted by Crippen LogP contribution is -2.47. The number of carbonyl (C=O) groups is 1. The molecule has 0 unspecified atom stereocenters. The third-order valence-corrected chi connectivity index (χ3v) is 5.64. The van der Waals surface area contributed by atoms with E-state index in [-0.39, 0.29) is 18.1 Å². The minimum atomic E-state index is -0.150. The molecule has 2 amide bonds. The summed E-state index contributed by atoms with van der Waals surface area (Å²) in [4.78, 5) is 12.5.